The number of allylic oxidation sites excluding steroid dienone is 1. The topological polar surface area (TPSA) is 47.6 Å². The van der Waals surface area contributed by atoms with Gasteiger partial charge in [-0.3, -0.25) is 5.32 Å². The van der Waals surface area contributed by atoms with E-state index in [1.807, 2.05) is 26.8 Å². The molecule has 1 amide bonds. The lowest BCUT2D eigenvalue weighted by molar-refractivity contribution is -0.0582. The molecule has 1 rings (SSSR count). The molecule has 0 saturated heterocycles. The molecule has 0 heterocycles. The highest BCUT2D eigenvalue weighted by molar-refractivity contribution is 5.68. The Bertz CT molecular complexity index is 306. The molecule has 0 saturated carbocycles. The van der Waals surface area contributed by atoms with E-state index in [-0.39, 0.29) is 0 Å². The van der Waals surface area contributed by atoms with Crippen molar-refractivity contribution < 1.29 is 14.3 Å². The van der Waals surface area contributed by atoms with Crippen LogP contribution >= 0.6 is 0 Å². The molecule has 2 unspecified atom stereocenters. The van der Waals surface area contributed by atoms with Gasteiger partial charge in [0.15, 0.2) is 0 Å². The van der Waals surface area contributed by atoms with E-state index in [0.717, 1.165) is 6.42 Å². The highest BCUT2D eigenvalue weighted by Gasteiger charge is 2.35. The fourth-order valence-corrected chi connectivity index (χ4v) is 1.97. The monoisotopic (exact) mass is 241 g/mol. The van der Waals surface area contributed by atoms with Crippen LogP contribution in [0.5, 0.6) is 0 Å². The van der Waals surface area contributed by atoms with Crippen molar-refractivity contribution in [2.75, 3.05) is 7.11 Å². The van der Waals surface area contributed by atoms with Crippen LogP contribution in [0.1, 0.15) is 40.5 Å². The lowest BCUT2D eigenvalue weighted by atomic mass is 9.90. The first-order valence-electron chi connectivity index (χ1n) is 5.99. The van der Waals surface area contributed by atoms with Crippen LogP contribution in [0, 0.1) is 5.92 Å². The van der Waals surface area contributed by atoms with Gasteiger partial charge in [0.2, 0.25) is 0 Å². The molecule has 2 atom stereocenters. The van der Waals surface area contributed by atoms with Gasteiger partial charge in [-0.05, 0) is 26.7 Å². The van der Waals surface area contributed by atoms with Gasteiger partial charge in [-0.15, -0.1) is 0 Å². The highest BCUT2D eigenvalue weighted by atomic mass is 16.6. The molecule has 0 fully saturated rings. The number of carbonyl (C=O) groups is 1. The maximum absolute atomic E-state index is 11.8. The van der Waals surface area contributed by atoms with Crippen molar-refractivity contribution in [3.05, 3.63) is 12.2 Å². The Morgan fingerprint density at radius 2 is 2.12 bits per heavy atom. The summed E-state index contributed by atoms with van der Waals surface area (Å²) >= 11 is 0. The molecule has 0 spiro atoms. The average molecular weight is 241 g/mol. The quantitative estimate of drug-likeness (QED) is 0.597. The van der Waals surface area contributed by atoms with Gasteiger partial charge >= 0.3 is 6.09 Å². The molecule has 4 heteroatoms. The fourth-order valence-electron chi connectivity index (χ4n) is 1.97. The molecule has 4 nitrogen and oxygen atoms in total. The van der Waals surface area contributed by atoms with E-state index in [9.17, 15) is 4.79 Å². The fraction of sp³-hybridized carbons (Fsp3) is 0.769. The largest absolute Gasteiger partial charge is 0.444 e. The number of alkyl carbamates (subject to hydrolysis) is 1. The Morgan fingerprint density at radius 3 is 2.59 bits per heavy atom. The predicted octanol–water partition coefficient (Wildman–Crippen LogP) is 2.84. The van der Waals surface area contributed by atoms with Gasteiger partial charge in [-0.1, -0.05) is 19.1 Å². The lowest BCUT2D eigenvalue weighted by Crippen LogP contribution is -2.52. The van der Waals surface area contributed by atoms with Crippen molar-refractivity contribution in [2.24, 2.45) is 5.92 Å². The minimum Gasteiger partial charge on any atom is -0.444 e. The van der Waals surface area contributed by atoms with E-state index in [0.29, 0.717) is 12.3 Å². The predicted molar refractivity (Wildman–Crippen MR) is 66.6 cm³/mol. The number of nitrogens with one attached hydrogen (secondary N) is 1. The van der Waals surface area contributed by atoms with Crippen LogP contribution < -0.4 is 5.32 Å². The molecule has 17 heavy (non-hydrogen) atoms. The van der Waals surface area contributed by atoms with Crippen LogP contribution in [0.25, 0.3) is 0 Å². The Balaban J connectivity index is 2.64. The maximum Gasteiger partial charge on any atom is 0.409 e. The van der Waals surface area contributed by atoms with Gasteiger partial charge < -0.3 is 9.47 Å². The van der Waals surface area contributed by atoms with Crippen molar-refractivity contribution in [1.29, 1.82) is 0 Å². The second kappa shape index (κ2) is 5.08. The van der Waals surface area contributed by atoms with Crippen LogP contribution in [0.2, 0.25) is 0 Å². The second-order valence-corrected chi connectivity index (χ2v) is 5.64. The first-order chi connectivity index (χ1) is 7.76. The van der Waals surface area contributed by atoms with Crippen molar-refractivity contribution in [3.63, 3.8) is 0 Å². The van der Waals surface area contributed by atoms with E-state index in [1.54, 1.807) is 7.11 Å². The molecule has 0 aromatic heterocycles. The number of carbonyl (C=O) groups excluding carboxylic acids is 1. The van der Waals surface area contributed by atoms with E-state index in [2.05, 4.69) is 18.3 Å². The van der Waals surface area contributed by atoms with E-state index in [1.165, 1.54) is 0 Å². The van der Waals surface area contributed by atoms with Gasteiger partial charge in [-0.25, -0.2) is 4.79 Å². The SMILES string of the molecule is COC1(NC(=O)OC(C)(C)C)CC=CC(C)C1. The van der Waals surface area contributed by atoms with Gasteiger partial charge in [0.05, 0.1) is 0 Å². The lowest BCUT2D eigenvalue weighted by Gasteiger charge is -2.37. The molecule has 1 aliphatic rings. The molecule has 98 valence electrons. The number of rotatable bonds is 2. The van der Waals surface area contributed by atoms with Crippen molar-refractivity contribution >= 4 is 6.09 Å². The van der Waals surface area contributed by atoms with Gasteiger partial charge in [0.1, 0.15) is 11.3 Å². The van der Waals surface area contributed by atoms with E-state index < -0.39 is 17.4 Å². The molecule has 0 radical (unpaired) electrons. The average Bonchev–Trinajstić information content (AvgIpc) is 2.14. The summed E-state index contributed by atoms with van der Waals surface area (Å²) in [5.74, 6) is 0.388. The van der Waals surface area contributed by atoms with Crippen molar-refractivity contribution in [1.82, 2.24) is 5.32 Å². The summed E-state index contributed by atoms with van der Waals surface area (Å²) in [6.45, 7) is 7.63. The minimum atomic E-state index is -0.628. The van der Waals surface area contributed by atoms with Gasteiger partial charge in [0, 0.05) is 20.0 Å². The third-order valence-electron chi connectivity index (χ3n) is 2.68. The van der Waals surface area contributed by atoms with E-state index in [4.69, 9.17) is 9.47 Å². The van der Waals surface area contributed by atoms with Crippen molar-refractivity contribution in [2.45, 2.75) is 51.9 Å². The second-order valence-electron chi connectivity index (χ2n) is 5.64. The Labute approximate surface area is 103 Å². The number of hydrogen-bond acceptors (Lipinski definition) is 3. The van der Waals surface area contributed by atoms with Crippen LogP contribution in [0.4, 0.5) is 4.79 Å². The zero-order valence-corrected chi connectivity index (χ0v) is 11.4. The number of methoxy groups -OCH3 is 1. The minimum absolute atomic E-state index is 0.388. The van der Waals surface area contributed by atoms with Gasteiger partial charge in [-0.2, -0.15) is 0 Å². The maximum atomic E-state index is 11.8. The van der Waals surface area contributed by atoms with E-state index >= 15 is 0 Å². The third kappa shape index (κ3) is 4.38. The Kier molecular flexibility index (Phi) is 4.20. The molecule has 0 aliphatic heterocycles. The standard InChI is InChI=1S/C13H23NO3/c1-10-7-6-8-13(9-10,16-5)14-11(15)17-12(2,3)4/h6-7,10H,8-9H2,1-5H3,(H,14,15). The molecule has 0 aromatic rings. The summed E-state index contributed by atoms with van der Waals surface area (Å²) in [4.78, 5) is 11.8. The van der Waals surface area contributed by atoms with Crippen LogP contribution in [0.15, 0.2) is 12.2 Å². The zero-order chi connectivity index (χ0) is 13.1. The third-order valence-corrected chi connectivity index (χ3v) is 2.68. The normalized spacial score (nSPS) is 28.9. The van der Waals surface area contributed by atoms with Crippen LogP contribution in [-0.4, -0.2) is 24.5 Å². The summed E-state index contributed by atoms with van der Waals surface area (Å²) in [5.41, 5.74) is -1.12. The summed E-state index contributed by atoms with van der Waals surface area (Å²) in [7, 11) is 1.61. The first-order valence-corrected chi connectivity index (χ1v) is 5.99. The number of amides is 1. The molecule has 0 bridgehead atoms. The molecule has 1 aliphatic carbocycles. The Morgan fingerprint density at radius 1 is 1.47 bits per heavy atom. The zero-order valence-electron chi connectivity index (χ0n) is 11.4. The number of ether oxygens (including phenoxy) is 2. The molecule has 0 aromatic carbocycles. The van der Waals surface area contributed by atoms with Crippen LogP contribution in [-0.2, 0) is 9.47 Å². The molecule has 1 N–H and O–H groups in total. The summed E-state index contributed by atoms with van der Waals surface area (Å²) in [6, 6.07) is 0. The summed E-state index contributed by atoms with van der Waals surface area (Å²) in [5, 5.41) is 2.83. The molecular formula is C13H23NO3. The van der Waals surface area contributed by atoms with Crippen molar-refractivity contribution in [3.8, 4) is 0 Å². The molecular weight excluding hydrogens is 218 g/mol. The highest BCUT2D eigenvalue weighted by Crippen LogP contribution is 2.28. The summed E-state index contributed by atoms with van der Waals surface area (Å²) < 4.78 is 10.7. The van der Waals surface area contributed by atoms with Crippen LogP contribution in [0.3, 0.4) is 0 Å². The number of hydrogen-bond donors (Lipinski definition) is 1. The van der Waals surface area contributed by atoms with Gasteiger partial charge in [0.25, 0.3) is 0 Å². The Hall–Kier alpha value is -1.03. The summed E-state index contributed by atoms with van der Waals surface area (Å²) in [6.07, 6.45) is 5.18. The smallest absolute Gasteiger partial charge is 0.409 e. The first kappa shape index (κ1) is 14.0.